The minimum absolute atomic E-state index is 0. The maximum Gasteiger partial charge on any atom is 2.00 e. The molecule has 0 saturated heterocycles. The van der Waals surface area contributed by atoms with Crippen LogP contribution < -0.4 is 0 Å². The number of carboxylic acids is 1. The Morgan fingerprint density at radius 2 is 0.839 bits per heavy atom. The Morgan fingerprint density at radius 1 is 0.548 bits per heavy atom. The molecule has 184 valence electrons. The van der Waals surface area contributed by atoms with Gasteiger partial charge >= 0.3 is 43.7 Å². The summed E-state index contributed by atoms with van der Waals surface area (Å²) in [5.74, 6) is -0.661. The molecular formula is C27H57CaNO2. The van der Waals surface area contributed by atoms with Crippen LogP contribution in [0.5, 0.6) is 0 Å². The summed E-state index contributed by atoms with van der Waals surface area (Å²) < 4.78 is 0. The van der Waals surface area contributed by atoms with Crippen molar-refractivity contribution in [3.63, 3.8) is 0 Å². The molecule has 0 aliphatic carbocycles. The van der Waals surface area contributed by atoms with E-state index in [1.54, 1.807) is 0 Å². The summed E-state index contributed by atoms with van der Waals surface area (Å²) in [5, 5.41) is 9.03. The van der Waals surface area contributed by atoms with E-state index in [0.717, 1.165) is 19.6 Å². The van der Waals surface area contributed by atoms with Gasteiger partial charge in [-0.05, 0) is 25.9 Å². The van der Waals surface area contributed by atoms with Gasteiger partial charge in [0.05, 0.1) is 6.42 Å². The molecule has 3 nitrogen and oxygen atoms in total. The first-order valence-electron chi connectivity index (χ1n) is 13.6. The number of carbonyl (C=O) groups is 1. The van der Waals surface area contributed by atoms with Gasteiger partial charge in [0.2, 0.25) is 0 Å². The van der Waals surface area contributed by atoms with Crippen molar-refractivity contribution in [2.45, 2.75) is 149 Å². The summed E-state index contributed by atoms with van der Waals surface area (Å²) in [6.45, 7) is 7.44. The molecule has 4 heteroatoms. The number of hydrogen-bond acceptors (Lipinski definition) is 2. The Labute approximate surface area is 228 Å². The molecule has 0 rings (SSSR count). The molecule has 31 heavy (non-hydrogen) atoms. The number of nitrogens with zero attached hydrogens (tertiary/aromatic N) is 1. The van der Waals surface area contributed by atoms with E-state index in [2.05, 4.69) is 18.7 Å². The molecule has 0 aromatic heterocycles. The molecule has 0 heterocycles. The van der Waals surface area contributed by atoms with Crippen molar-refractivity contribution in [1.29, 1.82) is 0 Å². The van der Waals surface area contributed by atoms with Crippen molar-refractivity contribution in [1.82, 2.24) is 4.90 Å². The molecule has 0 aromatic rings. The number of rotatable bonds is 25. The SMILES string of the molecule is CCCCCCCCCCCCN(CCCCCCCCCCCC)CCC(=O)O.[Ca+2].[H-].[H-]. The van der Waals surface area contributed by atoms with Gasteiger partial charge in [-0.25, -0.2) is 0 Å². The molecule has 0 fully saturated rings. The minimum atomic E-state index is -0.661. The van der Waals surface area contributed by atoms with Crippen LogP contribution >= 0.6 is 0 Å². The van der Waals surface area contributed by atoms with Crippen molar-refractivity contribution >= 4 is 43.7 Å². The zero-order valence-electron chi connectivity index (χ0n) is 23.5. The molecule has 0 aromatic carbocycles. The molecule has 0 atom stereocenters. The summed E-state index contributed by atoms with van der Waals surface area (Å²) >= 11 is 0. The van der Waals surface area contributed by atoms with E-state index >= 15 is 0 Å². The molecule has 0 aliphatic rings. The van der Waals surface area contributed by atoms with Crippen LogP contribution in [0.1, 0.15) is 152 Å². The third-order valence-corrected chi connectivity index (χ3v) is 6.30. The van der Waals surface area contributed by atoms with E-state index in [-0.39, 0.29) is 47.0 Å². The average molecular weight is 468 g/mol. The van der Waals surface area contributed by atoms with E-state index in [9.17, 15) is 4.79 Å². The zero-order chi connectivity index (χ0) is 22.1. The zero-order valence-corrected chi connectivity index (χ0v) is 23.7. The number of hydrogen-bond donors (Lipinski definition) is 1. The third-order valence-electron chi connectivity index (χ3n) is 6.30. The standard InChI is InChI=1S/C27H55NO2.Ca.2H/c1-3-5-7-9-11-13-15-17-19-21-24-28(26-23-27(29)30)25-22-20-18-16-14-12-10-8-6-4-2;;;/h3-26H2,1-2H3,(H,29,30);;;/q;+2;2*-1. The molecule has 0 unspecified atom stereocenters. The monoisotopic (exact) mass is 467 g/mol. The summed E-state index contributed by atoms with van der Waals surface area (Å²) in [4.78, 5) is 13.4. The van der Waals surface area contributed by atoms with Crippen molar-refractivity contribution in [3.8, 4) is 0 Å². The smallest absolute Gasteiger partial charge is 1.00 e. The first kappa shape index (κ1) is 33.9. The molecule has 0 amide bonds. The summed E-state index contributed by atoms with van der Waals surface area (Å²) in [6, 6.07) is 0. The van der Waals surface area contributed by atoms with Gasteiger partial charge in [0.15, 0.2) is 0 Å². The van der Waals surface area contributed by atoms with E-state index < -0.39 is 5.97 Å². The number of aliphatic carboxylic acids is 1. The second kappa shape index (κ2) is 28.7. The molecule has 0 aliphatic heterocycles. The Hall–Kier alpha value is 0.690. The first-order chi connectivity index (χ1) is 14.7. The van der Waals surface area contributed by atoms with Crippen LogP contribution in [-0.4, -0.2) is 73.3 Å². The predicted molar refractivity (Wildman–Crippen MR) is 140 cm³/mol. The summed E-state index contributed by atoms with van der Waals surface area (Å²) in [7, 11) is 0. The van der Waals surface area contributed by atoms with Crippen LogP contribution in [-0.2, 0) is 4.79 Å². The van der Waals surface area contributed by atoms with Crippen LogP contribution in [0.2, 0.25) is 0 Å². The quantitative estimate of drug-likeness (QED) is 0.108. The maximum absolute atomic E-state index is 11.0. The Balaban J connectivity index is -0.00000140. The molecule has 0 saturated carbocycles. The Kier molecular flexibility index (Phi) is 31.4. The minimum Gasteiger partial charge on any atom is -1.00 e. The Bertz CT molecular complexity index is 339. The third kappa shape index (κ3) is 28.7. The summed E-state index contributed by atoms with van der Waals surface area (Å²) in [6.07, 6.45) is 27.5. The summed E-state index contributed by atoms with van der Waals surface area (Å²) in [5.41, 5.74) is 0. The fourth-order valence-electron chi connectivity index (χ4n) is 4.23. The average Bonchev–Trinajstić information content (AvgIpc) is 2.73. The number of unbranched alkanes of at least 4 members (excludes halogenated alkanes) is 18. The molecule has 0 spiro atoms. The second-order valence-corrected chi connectivity index (χ2v) is 9.35. The fraction of sp³-hybridized carbons (Fsp3) is 0.963. The number of carboxylic acid groups (broad SMARTS) is 1. The molecule has 0 radical (unpaired) electrons. The van der Waals surface area contributed by atoms with Gasteiger partial charge in [0.25, 0.3) is 0 Å². The predicted octanol–water partition coefficient (Wildman–Crippen LogP) is 8.45. The van der Waals surface area contributed by atoms with E-state index in [1.165, 1.54) is 128 Å². The Morgan fingerprint density at radius 3 is 1.13 bits per heavy atom. The van der Waals surface area contributed by atoms with Crippen molar-refractivity contribution < 1.29 is 12.8 Å². The van der Waals surface area contributed by atoms with Gasteiger partial charge in [0, 0.05) is 6.54 Å². The van der Waals surface area contributed by atoms with Crippen molar-refractivity contribution in [3.05, 3.63) is 0 Å². The van der Waals surface area contributed by atoms with Gasteiger partial charge in [-0.3, -0.25) is 4.79 Å². The first-order valence-corrected chi connectivity index (χ1v) is 13.6. The van der Waals surface area contributed by atoms with Gasteiger partial charge in [0.1, 0.15) is 0 Å². The van der Waals surface area contributed by atoms with Crippen molar-refractivity contribution in [2.24, 2.45) is 0 Å². The van der Waals surface area contributed by atoms with Gasteiger partial charge in [-0.2, -0.15) is 0 Å². The van der Waals surface area contributed by atoms with Gasteiger partial charge < -0.3 is 12.9 Å². The van der Waals surface area contributed by atoms with E-state index in [1.807, 2.05) is 0 Å². The molecule has 0 bridgehead atoms. The van der Waals surface area contributed by atoms with E-state index in [4.69, 9.17) is 5.11 Å². The van der Waals surface area contributed by atoms with Crippen LogP contribution in [0.3, 0.4) is 0 Å². The van der Waals surface area contributed by atoms with Gasteiger partial charge in [-0.15, -0.1) is 0 Å². The fourth-order valence-corrected chi connectivity index (χ4v) is 4.23. The normalized spacial score (nSPS) is 11.1. The van der Waals surface area contributed by atoms with Crippen molar-refractivity contribution in [2.75, 3.05) is 19.6 Å². The maximum atomic E-state index is 11.0. The van der Waals surface area contributed by atoms with Crippen LogP contribution in [0.25, 0.3) is 0 Å². The largest absolute Gasteiger partial charge is 2.00 e. The van der Waals surface area contributed by atoms with E-state index in [0.29, 0.717) is 0 Å². The van der Waals surface area contributed by atoms with Crippen LogP contribution in [0, 0.1) is 0 Å². The molecule has 1 N–H and O–H groups in total. The topological polar surface area (TPSA) is 40.5 Å². The van der Waals surface area contributed by atoms with Crippen LogP contribution in [0.15, 0.2) is 0 Å². The molecular weight excluding hydrogens is 410 g/mol. The van der Waals surface area contributed by atoms with Gasteiger partial charge in [-0.1, -0.05) is 129 Å². The van der Waals surface area contributed by atoms with Crippen LogP contribution in [0.4, 0.5) is 0 Å². The second-order valence-electron chi connectivity index (χ2n) is 9.35.